The number of nitrogens with one attached hydrogen (secondary N) is 1. The minimum atomic E-state index is -3.60. The van der Waals surface area contributed by atoms with Crippen LogP contribution in [0.3, 0.4) is 0 Å². The monoisotopic (exact) mass is 391 g/mol. The molecular formula is C21H20F3NO3. The fourth-order valence-corrected chi connectivity index (χ4v) is 3.93. The van der Waals surface area contributed by atoms with Crippen molar-refractivity contribution in [3.05, 3.63) is 53.8 Å². The summed E-state index contributed by atoms with van der Waals surface area (Å²) < 4.78 is 48.2. The van der Waals surface area contributed by atoms with Gasteiger partial charge in [-0.05, 0) is 79.5 Å². The molecule has 1 amide bonds. The van der Waals surface area contributed by atoms with Crippen molar-refractivity contribution in [3.8, 4) is 11.5 Å². The van der Waals surface area contributed by atoms with Crippen LogP contribution in [0.1, 0.15) is 43.6 Å². The summed E-state index contributed by atoms with van der Waals surface area (Å²) in [5.74, 6) is 0.224. The number of hydrogen-bond donors (Lipinski definition) is 1. The Morgan fingerprint density at radius 3 is 2.39 bits per heavy atom. The van der Waals surface area contributed by atoms with Crippen molar-refractivity contribution in [2.45, 2.75) is 44.3 Å². The molecule has 0 aromatic heterocycles. The second-order valence-corrected chi connectivity index (χ2v) is 7.35. The van der Waals surface area contributed by atoms with Gasteiger partial charge in [0.25, 0.3) is 0 Å². The Bertz CT molecular complexity index is 862. The molecule has 28 heavy (non-hydrogen) atoms. The van der Waals surface area contributed by atoms with Gasteiger partial charge in [-0.25, -0.2) is 4.39 Å². The van der Waals surface area contributed by atoms with Gasteiger partial charge < -0.3 is 14.8 Å². The lowest BCUT2D eigenvalue weighted by atomic mass is 9.77. The van der Waals surface area contributed by atoms with Gasteiger partial charge in [-0.2, -0.15) is 0 Å². The van der Waals surface area contributed by atoms with E-state index in [-0.39, 0.29) is 35.1 Å². The van der Waals surface area contributed by atoms with Crippen LogP contribution >= 0.6 is 0 Å². The minimum absolute atomic E-state index is 0.0555. The molecule has 0 unspecified atom stereocenters. The van der Waals surface area contributed by atoms with Crippen molar-refractivity contribution >= 4 is 11.6 Å². The zero-order chi connectivity index (χ0) is 19.7. The zero-order valence-corrected chi connectivity index (χ0v) is 15.1. The van der Waals surface area contributed by atoms with Gasteiger partial charge in [0.15, 0.2) is 11.5 Å². The maximum absolute atomic E-state index is 13.2. The third-order valence-corrected chi connectivity index (χ3v) is 5.35. The predicted octanol–water partition coefficient (Wildman–Crippen LogP) is 5.45. The number of halogens is 3. The van der Waals surface area contributed by atoms with E-state index in [1.165, 1.54) is 30.3 Å². The number of carbonyl (C=O) groups excluding carboxylic acids is 1. The predicted molar refractivity (Wildman–Crippen MR) is 97.0 cm³/mol. The number of benzene rings is 2. The highest BCUT2D eigenvalue weighted by Gasteiger charge is 2.43. The quantitative estimate of drug-likeness (QED) is 0.754. The molecule has 1 saturated carbocycles. The van der Waals surface area contributed by atoms with Crippen LogP contribution in [0, 0.1) is 11.7 Å². The Hall–Kier alpha value is -2.70. The molecule has 1 fully saturated rings. The molecule has 148 valence electrons. The number of ether oxygens (including phenoxy) is 2. The molecule has 2 aliphatic rings. The molecule has 2 aromatic carbocycles. The van der Waals surface area contributed by atoms with E-state index in [0.717, 1.165) is 31.2 Å². The number of amides is 1. The molecule has 1 heterocycles. The van der Waals surface area contributed by atoms with E-state index in [2.05, 4.69) is 14.8 Å². The second kappa shape index (κ2) is 7.37. The summed E-state index contributed by atoms with van der Waals surface area (Å²) in [4.78, 5) is 12.2. The van der Waals surface area contributed by atoms with Crippen LogP contribution in [-0.2, 0) is 4.79 Å². The van der Waals surface area contributed by atoms with Crippen molar-refractivity contribution in [1.29, 1.82) is 0 Å². The van der Waals surface area contributed by atoms with Crippen LogP contribution in [-0.4, -0.2) is 12.2 Å². The highest BCUT2D eigenvalue weighted by atomic mass is 19.3. The molecule has 0 saturated heterocycles. The molecule has 0 radical (unpaired) electrons. The molecule has 0 atom stereocenters. The smallest absolute Gasteiger partial charge is 0.395 e. The molecule has 4 nitrogen and oxygen atoms in total. The van der Waals surface area contributed by atoms with E-state index in [1.54, 1.807) is 12.1 Å². The van der Waals surface area contributed by atoms with Crippen molar-refractivity contribution in [2.75, 3.05) is 5.32 Å². The summed E-state index contributed by atoms with van der Waals surface area (Å²) in [6.45, 7) is 0. The highest BCUT2D eigenvalue weighted by Crippen LogP contribution is 2.44. The Balaban J connectivity index is 1.29. The van der Waals surface area contributed by atoms with E-state index in [4.69, 9.17) is 0 Å². The number of rotatable bonds is 4. The largest absolute Gasteiger partial charge is 0.586 e. The van der Waals surface area contributed by atoms with Gasteiger partial charge in [-0.1, -0.05) is 6.07 Å². The summed E-state index contributed by atoms with van der Waals surface area (Å²) in [6, 6.07) is 10.6. The van der Waals surface area contributed by atoms with Gasteiger partial charge in [0.2, 0.25) is 5.91 Å². The molecule has 2 aromatic rings. The maximum Gasteiger partial charge on any atom is 0.586 e. The first kappa shape index (κ1) is 18.7. The first-order valence-electron chi connectivity index (χ1n) is 9.33. The highest BCUT2D eigenvalue weighted by molar-refractivity contribution is 5.90. The maximum atomic E-state index is 13.2. The van der Waals surface area contributed by atoms with Crippen molar-refractivity contribution < 1.29 is 27.4 Å². The first-order chi connectivity index (χ1) is 13.4. The molecule has 1 N–H and O–H groups in total. The van der Waals surface area contributed by atoms with Crippen LogP contribution in [0.25, 0.3) is 0 Å². The molecule has 7 heteroatoms. The van der Waals surface area contributed by atoms with E-state index < -0.39 is 6.29 Å². The van der Waals surface area contributed by atoms with Crippen LogP contribution in [0.4, 0.5) is 18.9 Å². The van der Waals surface area contributed by atoms with E-state index in [0.29, 0.717) is 12.1 Å². The van der Waals surface area contributed by atoms with Crippen LogP contribution < -0.4 is 14.8 Å². The number of hydrogen-bond acceptors (Lipinski definition) is 3. The molecule has 0 bridgehead atoms. The molecule has 0 spiro atoms. The topological polar surface area (TPSA) is 47.6 Å². The van der Waals surface area contributed by atoms with Gasteiger partial charge in [-0.3, -0.25) is 4.79 Å². The van der Waals surface area contributed by atoms with Gasteiger partial charge in [0.1, 0.15) is 5.82 Å². The zero-order valence-electron chi connectivity index (χ0n) is 15.1. The fraction of sp³-hybridized carbons (Fsp3) is 0.381. The third-order valence-electron chi connectivity index (χ3n) is 5.35. The lowest BCUT2D eigenvalue weighted by Crippen LogP contribution is -2.25. The summed E-state index contributed by atoms with van der Waals surface area (Å²) in [6.07, 6.45) is 0.335. The third kappa shape index (κ3) is 4.24. The van der Waals surface area contributed by atoms with Crippen LogP contribution in [0.2, 0.25) is 0 Å². The van der Waals surface area contributed by atoms with Gasteiger partial charge in [0.05, 0.1) is 0 Å². The molecule has 1 aliphatic carbocycles. The Kier molecular flexibility index (Phi) is 4.91. The van der Waals surface area contributed by atoms with Crippen molar-refractivity contribution in [3.63, 3.8) is 0 Å². The Morgan fingerprint density at radius 2 is 1.68 bits per heavy atom. The molecule has 4 rings (SSSR count). The lowest BCUT2D eigenvalue weighted by molar-refractivity contribution is -0.286. The average Bonchev–Trinajstić information content (AvgIpc) is 2.97. The number of alkyl halides is 2. The van der Waals surface area contributed by atoms with Gasteiger partial charge in [-0.15, -0.1) is 8.78 Å². The molecule has 1 aliphatic heterocycles. The van der Waals surface area contributed by atoms with E-state index in [1.807, 2.05) is 0 Å². The Labute approximate surface area is 160 Å². The SMILES string of the molecule is O=C(C[C@H]1CC[C@H](c2ccc3c(c2)OC(F)(F)O3)CC1)Nc1ccc(F)cc1. The number of carbonyl (C=O) groups is 1. The van der Waals surface area contributed by atoms with Crippen molar-refractivity contribution in [1.82, 2.24) is 0 Å². The van der Waals surface area contributed by atoms with Gasteiger partial charge >= 0.3 is 6.29 Å². The molecular weight excluding hydrogens is 371 g/mol. The lowest BCUT2D eigenvalue weighted by Gasteiger charge is -2.28. The second-order valence-electron chi connectivity index (χ2n) is 7.35. The minimum Gasteiger partial charge on any atom is -0.395 e. The standard InChI is InChI=1S/C21H20F3NO3/c22-16-6-8-17(9-7-16)25-20(26)11-13-1-3-14(4-2-13)15-5-10-18-19(12-15)28-21(23,24)27-18/h5-10,12-14H,1-4,11H2,(H,25,26)/t13-,14-. The number of fused-ring (bicyclic) bond motifs is 1. The first-order valence-corrected chi connectivity index (χ1v) is 9.33. The summed E-state index contributed by atoms with van der Waals surface area (Å²) in [7, 11) is 0. The van der Waals surface area contributed by atoms with E-state index >= 15 is 0 Å². The van der Waals surface area contributed by atoms with E-state index in [9.17, 15) is 18.0 Å². The van der Waals surface area contributed by atoms with Gasteiger partial charge in [0, 0.05) is 12.1 Å². The van der Waals surface area contributed by atoms with Crippen LogP contribution in [0.5, 0.6) is 11.5 Å². The normalized spacial score (nSPS) is 22.7. The average molecular weight is 391 g/mol. The Morgan fingerprint density at radius 1 is 1.00 bits per heavy atom. The van der Waals surface area contributed by atoms with Crippen LogP contribution in [0.15, 0.2) is 42.5 Å². The summed E-state index contributed by atoms with van der Waals surface area (Å²) in [5, 5.41) is 2.79. The number of anilines is 1. The summed E-state index contributed by atoms with van der Waals surface area (Å²) in [5.41, 5.74) is 1.53. The van der Waals surface area contributed by atoms with Crippen molar-refractivity contribution in [2.24, 2.45) is 5.92 Å². The summed E-state index contributed by atoms with van der Waals surface area (Å²) >= 11 is 0. The fourth-order valence-electron chi connectivity index (χ4n) is 3.93.